The van der Waals surface area contributed by atoms with E-state index >= 15 is 0 Å². The van der Waals surface area contributed by atoms with E-state index in [1.54, 1.807) is 23.9 Å². The quantitative estimate of drug-likeness (QED) is 0.623. The fourth-order valence-electron chi connectivity index (χ4n) is 2.08. The fraction of sp³-hybridized carbons (Fsp3) is 0.429. The van der Waals surface area contributed by atoms with Crippen molar-refractivity contribution in [3.05, 3.63) is 29.8 Å². The van der Waals surface area contributed by atoms with Gasteiger partial charge in [0, 0.05) is 17.0 Å². The van der Waals surface area contributed by atoms with Crippen LogP contribution in [0.5, 0.6) is 0 Å². The Morgan fingerprint density at radius 2 is 2.05 bits per heavy atom. The SMILES string of the molecule is COC(=O)C1COCCN1C(=O)c1ccc(SC)cc1. The third kappa shape index (κ3) is 3.13. The van der Waals surface area contributed by atoms with E-state index in [-0.39, 0.29) is 12.5 Å². The molecule has 2 rings (SSSR count). The van der Waals surface area contributed by atoms with Crippen molar-refractivity contribution in [3.8, 4) is 0 Å². The number of esters is 1. The number of hydrogen-bond acceptors (Lipinski definition) is 5. The lowest BCUT2D eigenvalue weighted by Crippen LogP contribution is -2.53. The number of ether oxygens (including phenoxy) is 2. The standard InChI is InChI=1S/C14H17NO4S/c1-18-14(17)12-9-19-8-7-15(12)13(16)10-3-5-11(20-2)6-4-10/h3-6,12H,7-9H2,1-2H3. The molecule has 5 nitrogen and oxygen atoms in total. The minimum atomic E-state index is -0.665. The average molecular weight is 295 g/mol. The number of benzene rings is 1. The molecule has 0 bridgehead atoms. The first-order chi connectivity index (χ1) is 9.67. The predicted octanol–water partition coefficient (Wildman–Crippen LogP) is 1.42. The van der Waals surface area contributed by atoms with Crippen LogP contribution in [0.2, 0.25) is 0 Å². The summed E-state index contributed by atoms with van der Waals surface area (Å²) in [4.78, 5) is 26.8. The molecule has 0 N–H and O–H groups in total. The lowest BCUT2D eigenvalue weighted by molar-refractivity contribution is -0.151. The molecule has 1 fully saturated rings. The molecule has 1 aliphatic rings. The smallest absolute Gasteiger partial charge is 0.331 e. The first-order valence-corrected chi connectivity index (χ1v) is 7.50. The molecule has 1 amide bonds. The van der Waals surface area contributed by atoms with E-state index in [9.17, 15) is 9.59 Å². The zero-order valence-electron chi connectivity index (χ0n) is 11.5. The van der Waals surface area contributed by atoms with Gasteiger partial charge in [-0.15, -0.1) is 11.8 Å². The molecule has 0 radical (unpaired) electrons. The van der Waals surface area contributed by atoms with Crippen LogP contribution in [-0.2, 0) is 14.3 Å². The molecule has 0 aliphatic carbocycles. The number of methoxy groups -OCH3 is 1. The van der Waals surface area contributed by atoms with E-state index in [1.165, 1.54) is 12.0 Å². The van der Waals surface area contributed by atoms with Crippen LogP contribution in [-0.4, -0.2) is 55.9 Å². The second kappa shape index (κ2) is 6.76. The Morgan fingerprint density at radius 3 is 2.65 bits per heavy atom. The summed E-state index contributed by atoms with van der Waals surface area (Å²) >= 11 is 1.61. The second-order valence-corrected chi connectivity index (χ2v) is 5.22. The van der Waals surface area contributed by atoms with Crippen LogP contribution >= 0.6 is 11.8 Å². The maximum absolute atomic E-state index is 12.5. The number of nitrogens with zero attached hydrogens (tertiary/aromatic N) is 1. The Bertz CT molecular complexity index is 488. The molecule has 1 unspecified atom stereocenters. The highest BCUT2D eigenvalue weighted by Crippen LogP contribution is 2.18. The van der Waals surface area contributed by atoms with Crippen LogP contribution < -0.4 is 0 Å². The maximum atomic E-state index is 12.5. The molecule has 6 heteroatoms. The molecule has 1 heterocycles. The molecule has 20 heavy (non-hydrogen) atoms. The van der Waals surface area contributed by atoms with Crippen LogP contribution in [0.3, 0.4) is 0 Å². The number of carbonyl (C=O) groups is 2. The van der Waals surface area contributed by atoms with E-state index in [0.717, 1.165) is 4.90 Å². The van der Waals surface area contributed by atoms with Gasteiger partial charge in [-0.25, -0.2) is 4.79 Å². The summed E-state index contributed by atoms with van der Waals surface area (Å²) < 4.78 is 9.99. The Hall–Kier alpha value is -1.53. The summed E-state index contributed by atoms with van der Waals surface area (Å²) in [6.07, 6.45) is 1.98. The van der Waals surface area contributed by atoms with Gasteiger partial charge in [0.1, 0.15) is 0 Å². The minimum absolute atomic E-state index is 0.170. The van der Waals surface area contributed by atoms with Crippen molar-refractivity contribution in [1.29, 1.82) is 0 Å². The highest BCUT2D eigenvalue weighted by atomic mass is 32.2. The third-order valence-electron chi connectivity index (χ3n) is 3.20. The van der Waals surface area contributed by atoms with Gasteiger partial charge in [-0.2, -0.15) is 0 Å². The Balaban J connectivity index is 2.18. The van der Waals surface area contributed by atoms with Gasteiger partial charge in [-0.05, 0) is 30.5 Å². The number of amides is 1. The molecule has 0 saturated carbocycles. The molecule has 1 saturated heterocycles. The van der Waals surface area contributed by atoms with Crippen LogP contribution in [0.25, 0.3) is 0 Å². The molecule has 0 spiro atoms. The largest absolute Gasteiger partial charge is 0.467 e. The molecule has 0 aromatic heterocycles. The monoisotopic (exact) mass is 295 g/mol. The Morgan fingerprint density at radius 1 is 1.35 bits per heavy atom. The van der Waals surface area contributed by atoms with Crippen molar-refractivity contribution in [2.24, 2.45) is 0 Å². The molecule has 1 atom stereocenters. The molecule has 108 valence electrons. The van der Waals surface area contributed by atoms with Gasteiger partial charge in [0.05, 0.1) is 20.3 Å². The summed E-state index contributed by atoms with van der Waals surface area (Å²) in [7, 11) is 1.31. The summed E-state index contributed by atoms with van der Waals surface area (Å²) in [5.74, 6) is -0.616. The van der Waals surface area contributed by atoms with Crippen LogP contribution in [0, 0.1) is 0 Å². The summed E-state index contributed by atoms with van der Waals surface area (Å²) in [5, 5.41) is 0. The van der Waals surface area contributed by atoms with Gasteiger partial charge >= 0.3 is 5.97 Å². The second-order valence-electron chi connectivity index (χ2n) is 4.34. The van der Waals surface area contributed by atoms with Crippen molar-refractivity contribution >= 4 is 23.6 Å². The van der Waals surface area contributed by atoms with E-state index in [0.29, 0.717) is 18.7 Å². The normalized spacial score (nSPS) is 18.7. The van der Waals surface area contributed by atoms with Crippen molar-refractivity contribution in [2.45, 2.75) is 10.9 Å². The zero-order chi connectivity index (χ0) is 14.5. The van der Waals surface area contributed by atoms with E-state index in [4.69, 9.17) is 9.47 Å². The van der Waals surface area contributed by atoms with Gasteiger partial charge in [0.2, 0.25) is 0 Å². The van der Waals surface area contributed by atoms with Gasteiger partial charge in [0.25, 0.3) is 5.91 Å². The molecular weight excluding hydrogens is 278 g/mol. The fourth-order valence-corrected chi connectivity index (χ4v) is 2.49. The van der Waals surface area contributed by atoms with Crippen LogP contribution in [0.1, 0.15) is 10.4 Å². The van der Waals surface area contributed by atoms with Gasteiger partial charge < -0.3 is 14.4 Å². The Labute approximate surface area is 122 Å². The zero-order valence-corrected chi connectivity index (χ0v) is 12.3. The summed E-state index contributed by atoms with van der Waals surface area (Å²) in [6.45, 7) is 1.01. The number of carbonyl (C=O) groups excluding carboxylic acids is 2. The van der Waals surface area contributed by atoms with E-state index in [1.807, 2.05) is 18.4 Å². The summed E-state index contributed by atoms with van der Waals surface area (Å²) in [5.41, 5.74) is 0.568. The molecule has 1 aromatic carbocycles. The Kier molecular flexibility index (Phi) is 5.03. The summed E-state index contributed by atoms with van der Waals surface area (Å²) in [6, 6.07) is 6.67. The van der Waals surface area contributed by atoms with Gasteiger partial charge in [0.15, 0.2) is 6.04 Å². The highest BCUT2D eigenvalue weighted by molar-refractivity contribution is 7.98. The third-order valence-corrected chi connectivity index (χ3v) is 3.94. The number of hydrogen-bond donors (Lipinski definition) is 0. The molecular formula is C14H17NO4S. The van der Waals surface area contributed by atoms with Crippen molar-refractivity contribution in [1.82, 2.24) is 4.90 Å². The minimum Gasteiger partial charge on any atom is -0.467 e. The van der Waals surface area contributed by atoms with E-state index < -0.39 is 12.0 Å². The lowest BCUT2D eigenvalue weighted by atomic mass is 10.1. The number of morpholine rings is 1. The predicted molar refractivity (Wildman–Crippen MR) is 75.9 cm³/mol. The average Bonchev–Trinajstić information content (AvgIpc) is 2.53. The van der Waals surface area contributed by atoms with Crippen LogP contribution in [0.4, 0.5) is 0 Å². The first kappa shape index (κ1) is 14.9. The molecule has 1 aliphatic heterocycles. The van der Waals surface area contributed by atoms with Crippen LogP contribution in [0.15, 0.2) is 29.2 Å². The maximum Gasteiger partial charge on any atom is 0.331 e. The molecule has 1 aromatic rings. The van der Waals surface area contributed by atoms with Crippen molar-refractivity contribution in [3.63, 3.8) is 0 Å². The number of rotatable bonds is 3. The number of thioether (sulfide) groups is 1. The van der Waals surface area contributed by atoms with Crippen molar-refractivity contribution in [2.75, 3.05) is 33.1 Å². The van der Waals surface area contributed by atoms with E-state index in [2.05, 4.69) is 0 Å². The highest BCUT2D eigenvalue weighted by Gasteiger charge is 2.34. The first-order valence-electron chi connectivity index (χ1n) is 6.28. The van der Waals surface area contributed by atoms with Crippen molar-refractivity contribution < 1.29 is 19.1 Å². The topological polar surface area (TPSA) is 55.8 Å². The van der Waals surface area contributed by atoms with Gasteiger partial charge in [-0.3, -0.25) is 4.79 Å². The van der Waals surface area contributed by atoms with Gasteiger partial charge in [-0.1, -0.05) is 0 Å². The lowest BCUT2D eigenvalue weighted by Gasteiger charge is -2.33.